The van der Waals surface area contributed by atoms with Gasteiger partial charge in [-0.2, -0.15) is 10.5 Å². The summed E-state index contributed by atoms with van der Waals surface area (Å²) in [4.78, 5) is 28.3. The van der Waals surface area contributed by atoms with E-state index < -0.39 is 17.4 Å². The number of nitrogens with zero attached hydrogens (tertiary/aromatic N) is 4. The van der Waals surface area contributed by atoms with E-state index in [4.69, 9.17) is 18.9 Å². The molecular weight excluding hydrogens is 837 g/mol. The first-order valence-corrected chi connectivity index (χ1v) is 22.5. The highest BCUT2D eigenvalue weighted by atomic mass is 16.5. The highest BCUT2D eigenvalue weighted by Gasteiger charge is 2.46. The number of fused-ring (bicyclic) bond motifs is 1. The van der Waals surface area contributed by atoms with Crippen LogP contribution in [0.4, 0.5) is 11.4 Å². The molecule has 0 radical (unpaired) electrons. The van der Waals surface area contributed by atoms with Gasteiger partial charge in [0.2, 0.25) is 0 Å². The molecule has 10 heteroatoms. The van der Waals surface area contributed by atoms with Gasteiger partial charge < -0.3 is 28.7 Å². The zero-order chi connectivity index (χ0) is 47.2. The monoisotopic (exact) mass is 890 g/mol. The minimum Gasteiger partial charge on any atom is -0.492 e. The van der Waals surface area contributed by atoms with Crippen molar-refractivity contribution in [2.75, 3.05) is 63.4 Å². The van der Waals surface area contributed by atoms with Crippen LogP contribution in [0.1, 0.15) is 65.1 Å². The maximum atomic E-state index is 12.1. The normalized spacial score (nSPS) is 15.3. The van der Waals surface area contributed by atoms with Crippen molar-refractivity contribution < 1.29 is 28.5 Å². The van der Waals surface area contributed by atoms with E-state index in [0.29, 0.717) is 26.3 Å². The molecule has 1 atom stereocenters. The second-order valence-electron chi connectivity index (χ2n) is 16.2. The summed E-state index contributed by atoms with van der Waals surface area (Å²) in [5.41, 5.74) is 9.17. The van der Waals surface area contributed by atoms with Crippen LogP contribution >= 0.6 is 0 Å². The van der Waals surface area contributed by atoms with E-state index in [1.807, 2.05) is 74.8 Å². The summed E-state index contributed by atoms with van der Waals surface area (Å²) >= 11 is 0. The number of carbonyl (C=O) groups excluding carboxylic acids is 2. The number of benzene rings is 6. The molecule has 1 unspecified atom stereocenters. The number of carbonyl (C=O) groups is 2. The lowest BCUT2D eigenvalue weighted by Crippen LogP contribution is -2.27. The maximum absolute atomic E-state index is 12.1. The Bertz CT molecular complexity index is 2630. The van der Waals surface area contributed by atoms with Gasteiger partial charge in [0, 0.05) is 36.8 Å². The van der Waals surface area contributed by atoms with Gasteiger partial charge in [-0.3, -0.25) is 0 Å². The first-order valence-electron chi connectivity index (χ1n) is 22.5. The Labute approximate surface area is 393 Å². The number of likely N-dealkylation sites (N-methyl/N-ethyl adjacent to an activating group) is 2. The lowest BCUT2D eigenvalue weighted by Gasteiger charge is -2.33. The molecule has 0 saturated heterocycles. The molecule has 0 saturated carbocycles. The number of hydrogen-bond acceptors (Lipinski definition) is 10. The van der Waals surface area contributed by atoms with Gasteiger partial charge >= 0.3 is 11.9 Å². The van der Waals surface area contributed by atoms with Gasteiger partial charge in [0.1, 0.15) is 48.0 Å². The van der Waals surface area contributed by atoms with Gasteiger partial charge in [0.05, 0.1) is 26.3 Å². The zero-order valence-corrected chi connectivity index (χ0v) is 38.4. The van der Waals surface area contributed by atoms with Crippen LogP contribution in [0, 0.1) is 22.7 Å². The van der Waals surface area contributed by atoms with Gasteiger partial charge in [-0.25, -0.2) is 9.59 Å². The molecule has 0 amide bonds. The third-order valence-corrected chi connectivity index (χ3v) is 12.1. The highest BCUT2D eigenvalue weighted by Crippen LogP contribution is 2.56. The predicted octanol–water partition coefficient (Wildman–Crippen LogP) is 10.5. The number of hydrogen-bond donors (Lipinski definition) is 0. The Morgan fingerprint density at radius 2 is 1.03 bits per heavy atom. The molecule has 0 fully saturated rings. The average molecular weight is 891 g/mol. The maximum Gasteiger partial charge on any atom is 0.348 e. The molecule has 67 heavy (non-hydrogen) atoms. The summed E-state index contributed by atoms with van der Waals surface area (Å²) in [7, 11) is 4.00. The minimum atomic E-state index is -0.628. The van der Waals surface area contributed by atoms with E-state index in [2.05, 4.69) is 113 Å². The van der Waals surface area contributed by atoms with Gasteiger partial charge in [-0.05, 0) is 120 Å². The lowest BCUT2D eigenvalue weighted by molar-refractivity contribution is -0.138. The quantitative estimate of drug-likeness (QED) is 0.0441. The van der Waals surface area contributed by atoms with Crippen molar-refractivity contribution in [1.82, 2.24) is 0 Å². The van der Waals surface area contributed by atoms with Crippen LogP contribution in [0.3, 0.4) is 0 Å². The topological polar surface area (TPSA) is 125 Å². The third kappa shape index (κ3) is 11.1. The summed E-state index contributed by atoms with van der Waals surface area (Å²) in [5.74, 6) is 0.505. The molecule has 10 nitrogen and oxygen atoms in total. The molecule has 0 aliphatic heterocycles. The van der Waals surface area contributed by atoms with E-state index in [0.717, 1.165) is 40.4 Å². The van der Waals surface area contributed by atoms with Crippen molar-refractivity contribution in [2.24, 2.45) is 0 Å². The number of anilines is 2. The van der Waals surface area contributed by atoms with Crippen LogP contribution in [0.25, 0.3) is 12.2 Å². The molecule has 338 valence electrons. The minimum absolute atomic E-state index is 0.0380. The summed E-state index contributed by atoms with van der Waals surface area (Å²) in [6.07, 6.45) is 3.93. The van der Waals surface area contributed by atoms with E-state index in [9.17, 15) is 20.1 Å². The summed E-state index contributed by atoms with van der Waals surface area (Å²) < 4.78 is 22.6. The molecule has 0 spiro atoms. The van der Waals surface area contributed by atoms with Gasteiger partial charge in [-0.1, -0.05) is 103 Å². The summed E-state index contributed by atoms with van der Waals surface area (Å²) in [6.45, 7) is 6.04. The summed E-state index contributed by atoms with van der Waals surface area (Å²) in [5, 5.41) is 18.8. The Hall–Kier alpha value is -8.08. The van der Waals surface area contributed by atoms with E-state index >= 15 is 0 Å². The lowest BCUT2D eigenvalue weighted by atomic mass is 9.69. The van der Waals surface area contributed by atoms with Crippen LogP contribution in [0.2, 0.25) is 0 Å². The van der Waals surface area contributed by atoms with Crippen LogP contribution in [-0.4, -0.2) is 65.6 Å². The zero-order valence-electron chi connectivity index (χ0n) is 38.4. The Kier molecular flexibility index (Phi) is 15.5. The average Bonchev–Trinajstić information content (AvgIpc) is 3.72. The van der Waals surface area contributed by atoms with Gasteiger partial charge in [0.15, 0.2) is 0 Å². The molecule has 1 aliphatic rings. The Morgan fingerprint density at radius 1 is 0.597 bits per heavy atom. The molecule has 0 N–H and O–H groups in total. The van der Waals surface area contributed by atoms with E-state index in [1.54, 1.807) is 13.8 Å². The van der Waals surface area contributed by atoms with Crippen molar-refractivity contribution in [3.8, 4) is 23.6 Å². The van der Waals surface area contributed by atoms with Crippen LogP contribution in [0.15, 0.2) is 163 Å². The molecule has 0 heterocycles. The Balaban J connectivity index is 1.04. The standard InChI is InChI=1S/C57H54N4O6/c1-5-64-55(62)44(39-58)36-41-16-24-48(25-17-41)60(3)32-34-66-50-28-20-46(21-29-50)57(38-53(43-12-8-7-9-13-43)52-14-10-11-15-54(52)57)47-22-30-51(31-23-47)67-35-33-61(4)49-26-18-42(19-27-49)37-45(40-59)56(63)65-6-2/h7-31,36-37,53H,5-6,32-35,38H2,1-4H3. The molecular formula is C57H54N4O6. The molecule has 6 aromatic carbocycles. The molecule has 0 bridgehead atoms. The van der Waals surface area contributed by atoms with Crippen LogP contribution in [0.5, 0.6) is 11.5 Å². The summed E-state index contributed by atoms with van der Waals surface area (Å²) in [6, 6.07) is 55.8. The van der Waals surface area contributed by atoms with Crippen LogP contribution < -0.4 is 19.3 Å². The number of ether oxygens (including phenoxy) is 4. The third-order valence-electron chi connectivity index (χ3n) is 12.1. The van der Waals surface area contributed by atoms with Crippen LogP contribution in [-0.2, 0) is 24.5 Å². The Morgan fingerprint density at radius 3 is 1.46 bits per heavy atom. The second kappa shape index (κ2) is 22.2. The predicted molar refractivity (Wildman–Crippen MR) is 263 cm³/mol. The van der Waals surface area contributed by atoms with E-state index in [1.165, 1.54) is 40.0 Å². The van der Waals surface area contributed by atoms with Crippen molar-refractivity contribution >= 4 is 35.5 Å². The molecule has 7 rings (SSSR count). The number of nitriles is 2. The van der Waals surface area contributed by atoms with Crippen molar-refractivity contribution in [1.29, 1.82) is 10.5 Å². The van der Waals surface area contributed by atoms with E-state index in [-0.39, 0.29) is 30.3 Å². The molecule has 1 aliphatic carbocycles. The smallest absolute Gasteiger partial charge is 0.348 e. The fourth-order valence-electron chi connectivity index (χ4n) is 8.62. The van der Waals surface area contributed by atoms with Gasteiger partial charge in [-0.15, -0.1) is 0 Å². The number of rotatable bonds is 19. The van der Waals surface area contributed by atoms with Gasteiger partial charge in [0.25, 0.3) is 0 Å². The van der Waals surface area contributed by atoms with Crippen molar-refractivity contribution in [2.45, 2.75) is 31.6 Å². The first-order chi connectivity index (χ1) is 32.7. The fourth-order valence-corrected chi connectivity index (χ4v) is 8.62. The number of esters is 2. The molecule has 0 aromatic heterocycles. The second-order valence-corrected chi connectivity index (χ2v) is 16.2. The first kappa shape index (κ1) is 46.9. The van der Waals surface area contributed by atoms with Crippen molar-refractivity contribution in [3.05, 3.63) is 202 Å². The molecule has 6 aromatic rings. The fraction of sp³-hybridized carbons (Fsp3) is 0.228. The SMILES string of the molecule is CCOC(=O)C(C#N)=Cc1ccc(N(C)CCOc2ccc(C3(c4ccc(OCCN(C)c5ccc(C=C(C#N)C(=O)OCC)cc5)cc4)CC(c4ccccc4)c4ccccc43)cc2)cc1. The largest absolute Gasteiger partial charge is 0.492 e. The highest BCUT2D eigenvalue weighted by molar-refractivity contribution is 5.98. The van der Waals surface area contributed by atoms with Crippen molar-refractivity contribution in [3.63, 3.8) is 0 Å².